The van der Waals surface area contributed by atoms with Gasteiger partial charge in [-0.15, -0.1) is 0 Å². The number of carbonyl (C=O) groups excluding carboxylic acids is 2. The summed E-state index contributed by atoms with van der Waals surface area (Å²) < 4.78 is 24.4. The molecule has 0 radical (unpaired) electrons. The number of amides is 2. The summed E-state index contributed by atoms with van der Waals surface area (Å²) in [6.07, 6.45) is 1.75. The number of benzene rings is 2. The lowest BCUT2D eigenvalue weighted by Crippen LogP contribution is -2.26. The molecule has 0 aromatic heterocycles. The standard InChI is InChI=1S/C20H22N2O4S/c23-19-8-4-14-22(19)17-11-9-16(10-12-17)20(24)21-13-5-15-27(25,26)18-6-2-1-3-7-18/h1-3,6-7,9-12H,4-5,8,13-15H2,(H,21,24). The van der Waals surface area contributed by atoms with Crippen molar-refractivity contribution in [3.63, 3.8) is 0 Å². The summed E-state index contributed by atoms with van der Waals surface area (Å²) in [5.74, 6) is -0.175. The van der Waals surface area contributed by atoms with Gasteiger partial charge in [-0.25, -0.2) is 8.42 Å². The second-order valence-corrected chi connectivity index (χ2v) is 8.55. The predicted molar refractivity (Wildman–Crippen MR) is 103 cm³/mol. The maximum atomic E-state index is 12.2. The van der Waals surface area contributed by atoms with Crippen LogP contribution in [-0.4, -0.2) is 39.1 Å². The van der Waals surface area contributed by atoms with Gasteiger partial charge < -0.3 is 10.2 Å². The third kappa shape index (κ3) is 4.74. The Hall–Kier alpha value is -2.67. The topological polar surface area (TPSA) is 83.6 Å². The van der Waals surface area contributed by atoms with Gasteiger partial charge >= 0.3 is 0 Å². The van der Waals surface area contributed by atoms with Crippen LogP contribution in [-0.2, 0) is 14.6 Å². The van der Waals surface area contributed by atoms with Crippen molar-refractivity contribution in [1.82, 2.24) is 5.32 Å². The predicted octanol–water partition coefficient (Wildman–Crippen LogP) is 2.41. The Balaban J connectivity index is 1.49. The van der Waals surface area contributed by atoms with Crippen LogP contribution in [0.3, 0.4) is 0 Å². The molecular formula is C20H22N2O4S. The van der Waals surface area contributed by atoms with Gasteiger partial charge in [0.2, 0.25) is 5.91 Å². The Kier molecular flexibility index (Phi) is 5.91. The number of anilines is 1. The molecular weight excluding hydrogens is 364 g/mol. The fourth-order valence-corrected chi connectivity index (χ4v) is 4.36. The van der Waals surface area contributed by atoms with Crippen LogP contribution in [0.15, 0.2) is 59.5 Å². The summed E-state index contributed by atoms with van der Waals surface area (Å²) in [4.78, 5) is 26.0. The molecule has 27 heavy (non-hydrogen) atoms. The quantitative estimate of drug-likeness (QED) is 0.741. The molecule has 0 unspecified atom stereocenters. The second-order valence-electron chi connectivity index (χ2n) is 6.44. The summed E-state index contributed by atoms with van der Waals surface area (Å²) >= 11 is 0. The molecule has 0 atom stereocenters. The van der Waals surface area contributed by atoms with Crippen molar-refractivity contribution in [2.45, 2.75) is 24.2 Å². The highest BCUT2D eigenvalue weighted by Crippen LogP contribution is 2.21. The van der Waals surface area contributed by atoms with Crippen molar-refractivity contribution >= 4 is 27.3 Å². The fourth-order valence-electron chi connectivity index (χ4n) is 3.03. The van der Waals surface area contributed by atoms with Crippen molar-refractivity contribution in [2.75, 3.05) is 23.7 Å². The molecule has 3 rings (SSSR count). The molecule has 0 aliphatic carbocycles. The van der Waals surface area contributed by atoms with Gasteiger partial charge in [-0.05, 0) is 49.2 Å². The number of nitrogens with one attached hydrogen (secondary N) is 1. The molecule has 2 amide bonds. The smallest absolute Gasteiger partial charge is 0.251 e. The van der Waals surface area contributed by atoms with Crippen LogP contribution in [0.25, 0.3) is 0 Å². The molecule has 1 fully saturated rings. The lowest BCUT2D eigenvalue weighted by molar-refractivity contribution is -0.117. The average Bonchev–Trinajstić information content (AvgIpc) is 3.12. The van der Waals surface area contributed by atoms with Gasteiger partial charge in [-0.3, -0.25) is 9.59 Å². The minimum Gasteiger partial charge on any atom is -0.352 e. The Bertz CT molecular complexity index is 909. The van der Waals surface area contributed by atoms with Crippen LogP contribution in [0.1, 0.15) is 29.6 Å². The third-order valence-electron chi connectivity index (χ3n) is 4.49. The van der Waals surface area contributed by atoms with Gasteiger partial charge in [0.15, 0.2) is 9.84 Å². The summed E-state index contributed by atoms with van der Waals surface area (Å²) in [6.45, 7) is 0.984. The van der Waals surface area contributed by atoms with Crippen LogP contribution < -0.4 is 10.2 Å². The van der Waals surface area contributed by atoms with Gasteiger partial charge in [0.25, 0.3) is 5.91 Å². The maximum Gasteiger partial charge on any atom is 0.251 e. The fraction of sp³-hybridized carbons (Fsp3) is 0.300. The van der Waals surface area contributed by atoms with Gasteiger partial charge in [0, 0.05) is 30.8 Å². The number of rotatable bonds is 7. The molecule has 0 bridgehead atoms. The lowest BCUT2D eigenvalue weighted by atomic mass is 10.2. The van der Waals surface area contributed by atoms with Crippen molar-refractivity contribution in [2.24, 2.45) is 0 Å². The Morgan fingerprint density at radius 2 is 1.74 bits per heavy atom. The third-order valence-corrected chi connectivity index (χ3v) is 6.31. The van der Waals surface area contributed by atoms with E-state index in [1.165, 1.54) is 0 Å². The maximum absolute atomic E-state index is 12.2. The van der Waals surface area contributed by atoms with E-state index < -0.39 is 9.84 Å². The van der Waals surface area contributed by atoms with Crippen LogP contribution in [0, 0.1) is 0 Å². The summed E-state index contributed by atoms with van der Waals surface area (Å²) in [7, 11) is -3.33. The molecule has 2 aromatic rings. The molecule has 2 aromatic carbocycles. The van der Waals surface area contributed by atoms with Gasteiger partial charge in [-0.2, -0.15) is 0 Å². The number of carbonyl (C=O) groups is 2. The number of sulfone groups is 1. The van der Waals surface area contributed by atoms with Crippen LogP contribution in [0.2, 0.25) is 0 Å². The first-order valence-electron chi connectivity index (χ1n) is 8.94. The molecule has 1 aliphatic rings. The van der Waals surface area contributed by atoms with Gasteiger partial charge in [0.1, 0.15) is 0 Å². The number of nitrogens with zero attached hydrogens (tertiary/aromatic N) is 1. The normalized spacial score (nSPS) is 14.4. The first-order chi connectivity index (χ1) is 13.0. The van der Waals surface area contributed by atoms with E-state index in [2.05, 4.69) is 5.32 Å². The van der Waals surface area contributed by atoms with E-state index in [-0.39, 0.29) is 24.1 Å². The molecule has 142 valence electrons. The highest BCUT2D eigenvalue weighted by molar-refractivity contribution is 7.91. The van der Waals surface area contributed by atoms with E-state index in [1.54, 1.807) is 59.5 Å². The Morgan fingerprint density at radius 3 is 2.37 bits per heavy atom. The first kappa shape index (κ1) is 19.1. The second kappa shape index (κ2) is 8.35. The Labute approximate surface area is 159 Å². The lowest BCUT2D eigenvalue weighted by Gasteiger charge is -2.15. The monoisotopic (exact) mass is 386 g/mol. The molecule has 1 aliphatic heterocycles. The summed E-state index contributed by atoms with van der Waals surface area (Å²) in [5.41, 5.74) is 1.28. The average molecular weight is 386 g/mol. The SMILES string of the molecule is O=C(NCCCS(=O)(=O)c1ccccc1)c1ccc(N2CCCC2=O)cc1. The van der Waals surface area contributed by atoms with Crippen LogP contribution in [0.4, 0.5) is 5.69 Å². The highest BCUT2D eigenvalue weighted by Gasteiger charge is 2.21. The molecule has 0 spiro atoms. The zero-order chi connectivity index (χ0) is 19.3. The van der Waals surface area contributed by atoms with Crippen molar-refractivity contribution < 1.29 is 18.0 Å². The molecule has 6 nitrogen and oxygen atoms in total. The van der Waals surface area contributed by atoms with E-state index in [4.69, 9.17) is 0 Å². The Morgan fingerprint density at radius 1 is 1.04 bits per heavy atom. The number of hydrogen-bond donors (Lipinski definition) is 1. The first-order valence-corrected chi connectivity index (χ1v) is 10.6. The zero-order valence-corrected chi connectivity index (χ0v) is 15.7. The largest absolute Gasteiger partial charge is 0.352 e. The molecule has 0 saturated carbocycles. The van der Waals surface area contributed by atoms with Crippen molar-refractivity contribution in [3.05, 3.63) is 60.2 Å². The van der Waals surface area contributed by atoms with E-state index >= 15 is 0 Å². The highest BCUT2D eigenvalue weighted by atomic mass is 32.2. The van der Waals surface area contributed by atoms with Crippen LogP contribution >= 0.6 is 0 Å². The zero-order valence-electron chi connectivity index (χ0n) is 14.9. The minimum absolute atomic E-state index is 0.0205. The molecule has 1 heterocycles. The summed E-state index contributed by atoms with van der Waals surface area (Å²) in [6, 6.07) is 15.2. The van der Waals surface area contributed by atoms with Gasteiger partial charge in [-0.1, -0.05) is 18.2 Å². The molecule has 1 N–H and O–H groups in total. The van der Waals surface area contributed by atoms with E-state index in [0.717, 1.165) is 12.1 Å². The van der Waals surface area contributed by atoms with E-state index in [1.807, 2.05) is 0 Å². The van der Waals surface area contributed by atoms with Crippen molar-refractivity contribution in [3.8, 4) is 0 Å². The number of hydrogen-bond acceptors (Lipinski definition) is 4. The van der Waals surface area contributed by atoms with Gasteiger partial charge in [0.05, 0.1) is 10.6 Å². The molecule has 1 saturated heterocycles. The van der Waals surface area contributed by atoms with Crippen LogP contribution in [0.5, 0.6) is 0 Å². The minimum atomic E-state index is -3.33. The van der Waals surface area contributed by atoms with Crippen molar-refractivity contribution in [1.29, 1.82) is 0 Å². The van der Waals surface area contributed by atoms with E-state index in [9.17, 15) is 18.0 Å². The van der Waals surface area contributed by atoms with E-state index in [0.29, 0.717) is 29.8 Å². The summed E-state index contributed by atoms with van der Waals surface area (Å²) in [5, 5.41) is 2.74. The molecule has 7 heteroatoms.